The molecule has 2 nitrogen and oxygen atoms in total. The largest absolute Gasteiger partial charge is 0.396 e. The Morgan fingerprint density at radius 1 is 1.10 bits per heavy atom. The molecular weight excluding hydrogens is 356 g/mol. The van der Waals surface area contributed by atoms with Gasteiger partial charge in [-0.25, -0.2) is 0 Å². The fraction of sp³-hybridized carbons (Fsp3) is 0.926. The number of aliphatic hydroxyl groups is 1. The highest BCUT2D eigenvalue weighted by Crippen LogP contribution is 2.67. The fourth-order valence-electron chi connectivity index (χ4n) is 8.49. The molecule has 0 aromatic carbocycles. The van der Waals surface area contributed by atoms with Gasteiger partial charge >= 0.3 is 0 Å². The first-order chi connectivity index (χ1) is 13.9. The van der Waals surface area contributed by atoms with Crippen molar-refractivity contribution in [1.82, 2.24) is 0 Å². The quantitative estimate of drug-likeness (QED) is 0.376. The van der Waals surface area contributed by atoms with Gasteiger partial charge in [0.1, 0.15) is 0 Å². The molecule has 0 amide bonds. The molecular formula is C27H46O2. The molecule has 0 aromatic rings. The van der Waals surface area contributed by atoms with E-state index in [4.69, 9.17) is 9.84 Å². The van der Waals surface area contributed by atoms with E-state index in [-0.39, 0.29) is 6.61 Å². The minimum atomic E-state index is 0.290. The third-order valence-electron chi connectivity index (χ3n) is 10.4. The Morgan fingerprint density at radius 3 is 2.69 bits per heavy atom. The lowest BCUT2D eigenvalue weighted by Crippen LogP contribution is -2.51. The average Bonchev–Trinajstić information content (AvgIpc) is 3.08. The topological polar surface area (TPSA) is 29.5 Å². The van der Waals surface area contributed by atoms with E-state index in [2.05, 4.69) is 33.8 Å². The van der Waals surface area contributed by atoms with Crippen LogP contribution in [0.25, 0.3) is 0 Å². The highest BCUT2D eigenvalue weighted by atomic mass is 16.5. The average molecular weight is 403 g/mol. The highest BCUT2D eigenvalue weighted by molar-refractivity contribution is 5.25. The van der Waals surface area contributed by atoms with Crippen LogP contribution in [0.15, 0.2) is 11.6 Å². The number of hydrogen-bond acceptors (Lipinski definition) is 2. The van der Waals surface area contributed by atoms with Crippen molar-refractivity contribution >= 4 is 0 Å². The van der Waals surface area contributed by atoms with Crippen LogP contribution in [0.5, 0.6) is 0 Å². The maximum Gasteiger partial charge on any atom is 0.0612 e. The summed E-state index contributed by atoms with van der Waals surface area (Å²) in [5.41, 5.74) is 2.77. The molecule has 4 rings (SSSR count). The summed E-state index contributed by atoms with van der Waals surface area (Å²) >= 11 is 0. The van der Waals surface area contributed by atoms with Crippen LogP contribution >= 0.6 is 0 Å². The van der Waals surface area contributed by atoms with Crippen LogP contribution in [-0.2, 0) is 4.74 Å². The van der Waals surface area contributed by atoms with Gasteiger partial charge in [-0.15, -0.1) is 0 Å². The Labute approximate surface area is 179 Å². The number of aliphatic hydroxyl groups excluding tert-OH is 1. The molecule has 3 saturated carbocycles. The zero-order chi connectivity index (χ0) is 20.6. The van der Waals surface area contributed by atoms with Crippen LogP contribution in [0.1, 0.15) is 98.3 Å². The standard InChI is InChI=1S/C27H46O2/c1-5-19(2)23-10-11-24-22-9-8-20-18-21(29-17-7-6-16-28)12-14-26(20,3)25(22)13-15-27(23,24)4/h8,19,21-25,28H,5-7,9-18H2,1-4H3. The van der Waals surface area contributed by atoms with Crippen LogP contribution in [0.4, 0.5) is 0 Å². The number of allylic oxidation sites excluding steroid dienone is 1. The van der Waals surface area contributed by atoms with Gasteiger partial charge in [-0.2, -0.15) is 0 Å². The zero-order valence-corrected chi connectivity index (χ0v) is 19.6. The van der Waals surface area contributed by atoms with Gasteiger partial charge in [0.15, 0.2) is 0 Å². The van der Waals surface area contributed by atoms with Gasteiger partial charge in [-0.1, -0.05) is 45.8 Å². The number of ether oxygens (including phenoxy) is 1. The van der Waals surface area contributed by atoms with Crippen molar-refractivity contribution in [3.63, 3.8) is 0 Å². The van der Waals surface area contributed by atoms with Crippen molar-refractivity contribution < 1.29 is 9.84 Å². The Morgan fingerprint density at radius 2 is 1.93 bits per heavy atom. The first-order valence-electron chi connectivity index (χ1n) is 12.9. The van der Waals surface area contributed by atoms with Gasteiger partial charge in [0.25, 0.3) is 0 Å². The number of rotatable bonds is 7. The number of fused-ring (bicyclic) bond motifs is 5. The van der Waals surface area contributed by atoms with Gasteiger partial charge in [0, 0.05) is 13.2 Å². The zero-order valence-electron chi connectivity index (χ0n) is 19.6. The molecule has 29 heavy (non-hydrogen) atoms. The summed E-state index contributed by atoms with van der Waals surface area (Å²) in [6.07, 6.45) is 17.2. The van der Waals surface area contributed by atoms with Crippen LogP contribution in [0.3, 0.4) is 0 Å². The monoisotopic (exact) mass is 402 g/mol. The smallest absolute Gasteiger partial charge is 0.0612 e. The molecule has 1 N–H and O–H groups in total. The summed E-state index contributed by atoms with van der Waals surface area (Å²) in [5, 5.41) is 8.98. The van der Waals surface area contributed by atoms with E-state index < -0.39 is 0 Å². The van der Waals surface area contributed by atoms with Gasteiger partial charge in [-0.3, -0.25) is 0 Å². The van der Waals surface area contributed by atoms with Crippen molar-refractivity contribution in [2.24, 2.45) is 40.4 Å². The molecule has 2 heteroatoms. The van der Waals surface area contributed by atoms with Crippen molar-refractivity contribution in [1.29, 1.82) is 0 Å². The van der Waals surface area contributed by atoms with Crippen LogP contribution < -0.4 is 0 Å². The van der Waals surface area contributed by atoms with E-state index in [1.54, 1.807) is 5.57 Å². The Kier molecular flexibility index (Phi) is 6.53. The van der Waals surface area contributed by atoms with E-state index in [1.807, 2.05) is 0 Å². The molecule has 0 heterocycles. The predicted molar refractivity (Wildman–Crippen MR) is 121 cm³/mol. The lowest BCUT2D eigenvalue weighted by atomic mass is 9.47. The molecule has 166 valence electrons. The lowest BCUT2D eigenvalue weighted by molar-refractivity contribution is -0.0638. The van der Waals surface area contributed by atoms with Crippen molar-refractivity contribution in [2.75, 3.05) is 13.2 Å². The van der Waals surface area contributed by atoms with Crippen molar-refractivity contribution in [2.45, 2.75) is 104 Å². The summed E-state index contributed by atoms with van der Waals surface area (Å²) in [6, 6.07) is 0. The summed E-state index contributed by atoms with van der Waals surface area (Å²) in [5.74, 6) is 4.65. The number of hydrogen-bond donors (Lipinski definition) is 1. The van der Waals surface area contributed by atoms with Crippen LogP contribution in [0, 0.1) is 40.4 Å². The van der Waals surface area contributed by atoms with E-state index >= 15 is 0 Å². The van der Waals surface area contributed by atoms with Crippen molar-refractivity contribution in [3.05, 3.63) is 11.6 Å². The molecule has 4 aliphatic rings. The van der Waals surface area contributed by atoms with Crippen LogP contribution in [-0.4, -0.2) is 24.4 Å². The maximum atomic E-state index is 8.98. The Hall–Kier alpha value is -0.340. The maximum absolute atomic E-state index is 8.98. The second-order valence-electron chi connectivity index (χ2n) is 11.5. The molecule has 0 aliphatic heterocycles. The Balaban J connectivity index is 1.46. The van der Waals surface area contributed by atoms with E-state index in [1.165, 1.54) is 51.4 Å². The van der Waals surface area contributed by atoms with Gasteiger partial charge < -0.3 is 9.84 Å². The predicted octanol–water partition coefficient (Wildman–Crippen LogP) is 6.77. The summed E-state index contributed by atoms with van der Waals surface area (Å²) in [4.78, 5) is 0. The third-order valence-corrected chi connectivity index (χ3v) is 10.4. The fourth-order valence-corrected chi connectivity index (χ4v) is 8.49. The highest BCUT2D eigenvalue weighted by Gasteiger charge is 2.59. The van der Waals surface area contributed by atoms with Crippen molar-refractivity contribution in [3.8, 4) is 0 Å². The molecule has 0 spiro atoms. The summed E-state index contributed by atoms with van der Waals surface area (Å²) in [7, 11) is 0. The molecule has 8 unspecified atom stereocenters. The van der Waals surface area contributed by atoms with Gasteiger partial charge in [0.05, 0.1) is 6.10 Å². The molecule has 3 fully saturated rings. The molecule has 0 saturated heterocycles. The van der Waals surface area contributed by atoms with Gasteiger partial charge in [-0.05, 0) is 105 Å². The minimum absolute atomic E-state index is 0.290. The second-order valence-corrected chi connectivity index (χ2v) is 11.5. The van der Waals surface area contributed by atoms with E-state index in [0.717, 1.165) is 55.5 Å². The van der Waals surface area contributed by atoms with Gasteiger partial charge in [0.2, 0.25) is 0 Å². The minimum Gasteiger partial charge on any atom is -0.396 e. The number of unbranched alkanes of at least 4 members (excludes halogenated alkanes) is 1. The van der Waals surface area contributed by atoms with E-state index in [9.17, 15) is 0 Å². The third kappa shape index (κ3) is 3.75. The molecule has 8 atom stereocenters. The Bertz CT molecular complexity index is 597. The summed E-state index contributed by atoms with van der Waals surface area (Å²) in [6.45, 7) is 11.3. The molecule has 0 radical (unpaired) electrons. The molecule has 4 aliphatic carbocycles. The normalized spacial score (nSPS) is 45.1. The lowest BCUT2D eigenvalue weighted by Gasteiger charge is -2.58. The first kappa shape index (κ1) is 21.9. The SMILES string of the molecule is CCC(C)C1CCC2C3CC=C4CC(OCCCCO)CCC4(C)C3CCC12C. The van der Waals surface area contributed by atoms with E-state index in [0.29, 0.717) is 16.9 Å². The molecule has 0 aromatic heterocycles. The second kappa shape index (κ2) is 8.65. The molecule has 0 bridgehead atoms. The first-order valence-corrected chi connectivity index (χ1v) is 12.9. The summed E-state index contributed by atoms with van der Waals surface area (Å²) < 4.78 is 6.20. The van der Waals surface area contributed by atoms with Crippen LogP contribution in [0.2, 0.25) is 0 Å².